The Morgan fingerprint density at radius 3 is 2.85 bits per heavy atom. The Bertz CT molecular complexity index is 936. The fourth-order valence-electron chi connectivity index (χ4n) is 2.80. The average Bonchev–Trinajstić information content (AvgIpc) is 3.05. The van der Waals surface area contributed by atoms with E-state index in [1.54, 1.807) is 24.3 Å². The van der Waals surface area contributed by atoms with Crippen LogP contribution < -0.4 is 10.6 Å². The van der Waals surface area contributed by atoms with Crippen molar-refractivity contribution in [2.75, 3.05) is 32.5 Å². The molecule has 2 aromatic heterocycles. The Morgan fingerprint density at radius 1 is 1.26 bits per heavy atom. The summed E-state index contributed by atoms with van der Waals surface area (Å²) in [4.78, 5) is 15.0. The molecule has 9 heteroatoms. The highest BCUT2D eigenvalue weighted by Gasteiger charge is 2.09. The van der Waals surface area contributed by atoms with Crippen LogP contribution in [-0.4, -0.2) is 57.8 Å². The second-order valence-electron chi connectivity index (χ2n) is 6.08. The van der Waals surface area contributed by atoms with Crippen molar-refractivity contribution in [2.24, 2.45) is 12.0 Å². The maximum atomic E-state index is 4.36. The molecule has 0 amide bonds. The van der Waals surface area contributed by atoms with Gasteiger partial charge in [0.1, 0.15) is 12.1 Å². The fraction of sp³-hybridized carbons (Fsp3) is 0.333. The zero-order valence-corrected chi connectivity index (χ0v) is 17.2. The van der Waals surface area contributed by atoms with Crippen LogP contribution in [0.15, 0.2) is 46.3 Å². The standard InChI is InChI=1S/C18H23BrN8/c1-20-18(26(2)11-13-6-4-5-7-15(13)19)22-9-8-21-16-14-10-25-27(3)17(14)24-12-23-16/h4-7,10,12H,8-9,11H2,1-3H3,(H,20,22)(H,21,23,24). The van der Waals surface area contributed by atoms with E-state index in [1.165, 1.54) is 5.56 Å². The van der Waals surface area contributed by atoms with Crippen LogP contribution in [0.3, 0.4) is 0 Å². The molecule has 0 saturated carbocycles. The lowest BCUT2D eigenvalue weighted by atomic mass is 10.2. The number of anilines is 1. The van der Waals surface area contributed by atoms with Crippen molar-refractivity contribution in [1.82, 2.24) is 30.0 Å². The normalized spacial score (nSPS) is 11.6. The van der Waals surface area contributed by atoms with Crippen LogP contribution in [0.2, 0.25) is 0 Å². The van der Waals surface area contributed by atoms with Crippen molar-refractivity contribution in [2.45, 2.75) is 6.54 Å². The van der Waals surface area contributed by atoms with E-state index in [0.29, 0.717) is 13.1 Å². The van der Waals surface area contributed by atoms with Crippen LogP contribution in [-0.2, 0) is 13.6 Å². The molecule has 2 N–H and O–H groups in total. The summed E-state index contributed by atoms with van der Waals surface area (Å²) < 4.78 is 2.83. The Morgan fingerprint density at radius 2 is 2.07 bits per heavy atom. The van der Waals surface area contributed by atoms with Gasteiger partial charge in [-0.3, -0.25) is 9.67 Å². The largest absolute Gasteiger partial charge is 0.368 e. The van der Waals surface area contributed by atoms with Gasteiger partial charge in [0.25, 0.3) is 0 Å². The molecular weight excluding hydrogens is 408 g/mol. The first-order chi connectivity index (χ1) is 13.1. The van der Waals surface area contributed by atoms with Gasteiger partial charge < -0.3 is 15.5 Å². The third-order valence-corrected chi connectivity index (χ3v) is 4.94. The predicted octanol–water partition coefficient (Wildman–Crippen LogP) is 2.25. The van der Waals surface area contributed by atoms with Gasteiger partial charge >= 0.3 is 0 Å². The van der Waals surface area contributed by atoms with E-state index in [0.717, 1.165) is 33.8 Å². The van der Waals surface area contributed by atoms with E-state index < -0.39 is 0 Å². The van der Waals surface area contributed by atoms with Crippen LogP contribution in [0.4, 0.5) is 5.82 Å². The fourth-order valence-corrected chi connectivity index (χ4v) is 3.21. The summed E-state index contributed by atoms with van der Waals surface area (Å²) in [6.07, 6.45) is 3.32. The number of benzene rings is 1. The minimum atomic E-state index is 0.697. The second kappa shape index (κ2) is 8.81. The summed E-state index contributed by atoms with van der Waals surface area (Å²) in [5, 5.41) is 11.8. The van der Waals surface area contributed by atoms with Crippen LogP contribution in [0.1, 0.15) is 5.56 Å². The van der Waals surface area contributed by atoms with Gasteiger partial charge in [0.05, 0.1) is 11.6 Å². The van der Waals surface area contributed by atoms with Gasteiger partial charge in [0.2, 0.25) is 0 Å². The Labute approximate surface area is 166 Å². The van der Waals surface area contributed by atoms with Crippen molar-refractivity contribution >= 4 is 38.7 Å². The highest BCUT2D eigenvalue weighted by molar-refractivity contribution is 9.10. The second-order valence-corrected chi connectivity index (χ2v) is 6.93. The molecule has 0 spiro atoms. The number of nitrogens with zero attached hydrogens (tertiary/aromatic N) is 6. The molecule has 142 valence electrons. The molecule has 0 fully saturated rings. The van der Waals surface area contributed by atoms with Crippen molar-refractivity contribution in [3.8, 4) is 0 Å². The van der Waals surface area contributed by atoms with Gasteiger partial charge in [-0.2, -0.15) is 5.10 Å². The first-order valence-corrected chi connectivity index (χ1v) is 9.41. The highest BCUT2D eigenvalue weighted by Crippen LogP contribution is 2.18. The molecule has 1 aromatic carbocycles. The minimum absolute atomic E-state index is 0.697. The third kappa shape index (κ3) is 4.54. The molecule has 0 atom stereocenters. The summed E-state index contributed by atoms with van der Waals surface area (Å²) in [5.41, 5.74) is 2.02. The van der Waals surface area contributed by atoms with Crippen molar-refractivity contribution in [3.05, 3.63) is 46.8 Å². The molecule has 3 aromatic rings. The summed E-state index contributed by atoms with van der Waals surface area (Å²) >= 11 is 3.59. The van der Waals surface area contributed by atoms with Crippen LogP contribution >= 0.6 is 15.9 Å². The van der Waals surface area contributed by atoms with E-state index in [4.69, 9.17) is 0 Å². The lowest BCUT2D eigenvalue weighted by Gasteiger charge is -2.22. The number of guanidine groups is 1. The van der Waals surface area contributed by atoms with Crippen LogP contribution in [0.5, 0.6) is 0 Å². The molecule has 0 aliphatic carbocycles. The lowest BCUT2D eigenvalue weighted by Crippen LogP contribution is -2.40. The number of nitrogens with one attached hydrogen (secondary N) is 2. The van der Waals surface area contributed by atoms with Crippen LogP contribution in [0.25, 0.3) is 11.0 Å². The average molecular weight is 431 g/mol. The molecule has 2 heterocycles. The summed E-state index contributed by atoms with van der Waals surface area (Å²) in [7, 11) is 5.67. The van der Waals surface area contributed by atoms with E-state index in [-0.39, 0.29) is 0 Å². The Hall–Kier alpha value is -2.68. The van der Waals surface area contributed by atoms with Crippen molar-refractivity contribution in [1.29, 1.82) is 0 Å². The number of fused-ring (bicyclic) bond motifs is 1. The number of hydrogen-bond acceptors (Lipinski definition) is 5. The van der Waals surface area contributed by atoms with Gasteiger partial charge in [-0.15, -0.1) is 0 Å². The van der Waals surface area contributed by atoms with Gasteiger partial charge in [-0.25, -0.2) is 9.97 Å². The maximum Gasteiger partial charge on any atom is 0.193 e. The molecule has 3 rings (SSSR count). The quantitative estimate of drug-likeness (QED) is 0.354. The number of aliphatic imine (C=N–C) groups is 1. The summed E-state index contributed by atoms with van der Waals surface area (Å²) in [6.45, 7) is 2.17. The summed E-state index contributed by atoms with van der Waals surface area (Å²) in [6, 6.07) is 8.20. The van der Waals surface area contributed by atoms with Crippen molar-refractivity contribution in [3.63, 3.8) is 0 Å². The molecular formula is C18H23BrN8. The van der Waals surface area contributed by atoms with Gasteiger partial charge in [0.15, 0.2) is 11.6 Å². The van der Waals surface area contributed by atoms with E-state index in [9.17, 15) is 0 Å². The number of aromatic nitrogens is 4. The van der Waals surface area contributed by atoms with Gasteiger partial charge in [-0.05, 0) is 11.6 Å². The molecule has 0 radical (unpaired) electrons. The number of aryl methyl sites for hydroxylation is 1. The third-order valence-electron chi connectivity index (χ3n) is 4.17. The molecule has 0 aliphatic heterocycles. The topological polar surface area (TPSA) is 83.3 Å². The Kier molecular flexibility index (Phi) is 6.23. The zero-order chi connectivity index (χ0) is 19.2. The molecule has 8 nitrogen and oxygen atoms in total. The van der Waals surface area contributed by atoms with Gasteiger partial charge in [-0.1, -0.05) is 34.1 Å². The highest BCUT2D eigenvalue weighted by atomic mass is 79.9. The monoisotopic (exact) mass is 430 g/mol. The molecule has 0 aliphatic rings. The first kappa shape index (κ1) is 19.1. The summed E-state index contributed by atoms with van der Waals surface area (Å²) in [5.74, 6) is 1.62. The van der Waals surface area contributed by atoms with E-state index in [2.05, 4.69) is 57.6 Å². The van der Waals surface area contributed by atoms with E-state index in [1.807, 2.05) is 32.3 Å². The SMILES string of the molecule is CN=C(NCCNc1ncnc2c1cnn2C)N(C)Cc1ccccc1Br. The smallest absolute Gasteiger partial charge is 0.193 e. The minimum Gasteiger partial charge on any atom is -0.368 e. The molecule has 0 bridgehead atoms. The molecule has 27 heavy (non-hydrogen) atoms. The lowest BCUT2D eigenvalue weighted by molar-refractivity contribution is 0.477. The molecule has 0 unspecified atom stereocenters. The maximum absolute atomic E-state index is 4.36. The van der Waals surface area contributed by atoms with E-state index >= 15 is 0 Å². The van der Waals surface area contributed by atoms with Crippen molar-refractivity contribution < 1.29 is 0 Å². The predicted molar refractivity (Wildman–Crippen MR) is 112 cm³/mol. The number of halogens is 1. The first-order valence-electron chi connectivity index (χ1n) is 8.62. The van der Waals surface area contributed by atoms with Gasteiger partial charge in [0, 0.05) is 45.3 Å². The Balaban J connectivity index is 1.53. The molecule has 0 saturated heterocycles. The number of rotatable bonds is 6. The zero-order valence-electron chi connectivity index (χ0n) is 15.6. The van der Waals surface area contributed by atoms with Crippen LogP contribution in [0, 0.1) is 0 Å². The number of hydrogen-bond donors (Lipinski definition) is 2.